The lowest BCUT2D eigenvalue weighted by Gasteiger charge is -2.32. The molecule has 0 aromatic heterocycles. The number of benzene rings is 2. The van der Waals surface area contributed by atoms with E-state index < -0.39 is 29.9 Å². The van der Waals surface area contributed by atoms with Gasteiger partial charge in [-0.15, -0.1) is 0 Å². The zero-order chi connectivity index (χ0) is 24.3. The predicted molar refractivity (Wildman–Crippen MR) is 129 cm³/mol. The Morgan fingerprint density at radius 3 is 2.59 bits per heavy atom. The largest absolute Gasteiger partial charge is 0.494 e. The number of hydrogen-bond acceptors (Lipinski definition) is 5. The standard InChI is InChI=1S/C26H31ClN2O5/c1-3-5-17-14-20(30)15-26(24(31)28-25(32)29-26)34-23(17)18-8-11-22(27)19(13-18)12-16-6-9-21(10-7-16)33-4-2/h6-11,13,17,20,23,30H,3-5,12,14-15H2,1-2H3,(H2,28,29,31,32). The molecule has 4 unspecified atom stereocenters. The molecule has 4 rings (SSSR count). The molecular formula is C26H31ClN2O5. The van der Waals surface area contributed by atoms with E-state index >= 15 is 0 Å². The average molecular weight is 487 g/mol. The van der Waals surface area contributed by atoms with Gasteiger partial charge >= 0.3 is 6.03 Å². The molecule has 2 aromatic rings. The second kappa shape index (κ2) is 10.3. The molecule has 2 aliphatic heterocycles. The third-order valence-electron chi connectivity index (χ3n) is 6.45. The maximum Gasteiger partial charge on any atom is 0.324 e. The number of aliphatic hydroxyl groups excluding tert-OH is 1. The zero-order valence-corrected chi connectivity index (χ0v) is 20.2. The first-order chi connectivity index (χ1) is 16.3. The second-order valence-corrected chi connectivity index (χ2v) is 9.43. The zero-order valence-electron chi connectivity index (χ0n) is 19.5. The smallest absolute Gasteiger partial charge is 0.324 e. The van der Waals surface area contributed by atoms with Crippen LogP contribution < -0.4 is 15.4 Å². The Balaban J connectivity index is 1.66. The van der Waals surface area contributed by atoms with Crippen LogP contribution in [0.25, 0.3) is 0 Å². The van der Waals surface area contributed by atoms with Crippen LogP contribution in [0.5, 0.6) is 5.75 Å². The van der Waals surface area contributed by atoms with Gasteiger partial charge in [-0.2, -0.15) is 0 Å². The fourth-order valence-electron chi connectivity index (χ4n) is 4.93. The van der Waals surface area contributed by atoms with Gasteiger partial charge in [0.2, 0.25) is 5.72 Å². The van der Waals surface area contributed by atoms with Gasteiger partial charge in [-0.1, -0.05) is 49.2 Å². The molecule has 2 aliphatic rings. The van der Waals surface area contributed by atoms with Crippen LogP contribution in [0, 0.1) is 5.92 Å². The first-order valence-corrected chi connectivity index (χ1v) is 12.2. The molecule has 3 N–H and O–H groups in total. The minimum Gasteiger partial charge on any atom is -0.494 e. The number of nitrogens with one attached hydrogen (secondary N) is 2. The molecule has 1 spiro atoms. The van der Waals surface area contributed by atoms with Crippen molar-refractivity contribution in [2.45, 2.75) is 63.9 Å². The Kier molecular flexibility index (Phi) is 7.45. The van der Waals surface area contributed by atoms with Crippen LogP contribution in [0.15, 0.2) is 42.5 Å². The molecule has 4 atom stereocenters. The lowest BCUT2D eigenvalue weighted by Crippen LogP contribution is -2.51. The number of ether oxygens (including phenoxy) is 2. The third-order valence-corrected chi connectivity index (χ3v) is 6.82. The molecule has 0 bridgehead atoms. The quantitative estimate of drug-likeness (QED) is 0.501. The van der Waals surface area contributed by atoms with Crippen molar-refractivity contribution in [3.05, 3.63) is 64.2 Å². The van der Waals surface area contributed by atoms with Gasteiger partial charge in [0.25, 0.3) is 5.91 Å². The van der Waals surface area contributed by atoms with Crippen molar-refractivity contribution in [2.24, 2.45) is 5.92 Å². The SMILES string of the molecule is CCCC1CC(O)CC2(NC(=O)NC2=O)OC1c1ccc(Cl)c(Cc2ccc(OCC)cc2)c1. The van der Waals surface area contributed by atoms with Crippen LogP contribution in [-0.2, 0) is 16.0 Å². The fourth-order valence-corrected chi connectivity index (χ4v) is 5.11. The highest BCUT2D eigenvalue weighted by Gasteiger charge is 2.53. The molecule has 0 aliphatic carbocycles. The van der Waals surface area contributed by atoms with E-state index in [2.05, 4.69) is 17.6 Å². The van der Waals surface area contributed by atoms with Crippen molar-refractivity contribution >= 4 is 23.5 Å². The number of rotatable bonds is 7. The van der Waals surface area contributed by atoms with Gasteiger partial charge in [0.1, 0.15) is 5.75 Å². The van der Waals surface area contributed by atoms with Crippen molar-refractivity contribution in [3.8, 4) is 5.75 Å². The van der Waals surface area contributed by atoms with E-state index in [9.17, 15) is 14.7 Å². The first kappa shape index (κ1) is 24.5. The highest BCUT2D eigenvalue weighted by Crippen LogP contribution is 2.42. The number of urea groups is 1. The molecule has 7 nitrogen and oxygen atoms in total. The monoisotopic (exact) mass is 486 g/mol. The van der Waals surface area contributed by atoms with Gasteiger partial charge in [-0.3, -0.25) is 10.1 Å². The van der Waals surface area contributed by atoms with Crippen LogP contribution in [0.3, 0.4) is 0 Å². The molecule has 3 amide bonds. The van der Waals surface area contributed by atoms with E-state index in [1.165, 1.54) is 0 Å². The fraction of sp³-hybridized carbons (Fsp3) is 0.462. The lowest BCUT2D eigenvalue weighted by molar-refractivity contribution is -0.159. The van der Waals surface area contributed by atoms with Crippen molar-refractivity contribution < 1.29 is 24.2 Å². The van der Waals surface area contributed by atoms with E-state index in [0.29, 0.717) is 24.5 Å². The number of aliphatic hydroxyl groups is 1. The summed E-state index contributed by atoms with van der Waals surface area (Å²) < 4.78 is 11.9. The van der Waals surface area contributed by atoms with Crippen LogP contribution in [-0.4, -0.2) is 35.5 Å². The van der Waals surface area contributed by atoms with Crippen LogP contribution in [0.2, 0.25) is 5.02 Å². The topological polar surface area (TPSA) is 96.9 Å². The van der Waals surface area contributed by atoms with Gasteiger partial charge in [-0.05, 0) is 67.0 Å². The molecule has 34 heavy (non-hydrogen) atoms. The van der Waals surface area contributed by atoms with Crippen LogP contribution in [0.4, 0.5) is 4.79 Å². The number of halogens is 1. The summed E-state index contributed by atoms with van der Waals surface area (Å²) in [5.74, 6) is 0.229. The van der Waals surface area contributed by atoms with E-state index in [-0.39, 0.29) is 12.3 Å². The first-order valence-electron chi connectivity index (χ1n) is 11.8. The summed E-state index contributed by atoms with van der Waals surface area (Å²) in [5, 5.41) is 16.2. The summed E-state index contributed by atoms with van der Waals surface area (Å²) in [6.07, 6.45) is 1.54. The maximum atomic E-state index is 12.7. The van der Waals surface area contributed by atoms with Gasteiger partial charge in [0, 0.05) is 11.4 Å². The number of hydrogen-bond donors (Lipinski definition) is 3. The lowest BCUT2D eigenvalue weighted by atomic mass is 9.86. The molecule has 0 radical (unpaired) electrons. The number of carbonyl (C=O) groups is 2. The van der Waals surface area contributed by atoms with E-state index in [4.69, 9.17) is 21.1 Å². The third kappa shape index (κ3) is 5.22. The highest BCUT2D eigenvalue weighted by atomic mass is 35.5. The molecule has 8 heteroatoms. The van der Waals surface area contributed by atoms with Crippen molar-refractivity contribution in [2.75, 3.05) is 6.61 Å². The minimum atomic E-state index is -1.58. The molecule has 2 saturated heterocycles. The molecule has 2 fully saturated rings. The number of imide groups is 1. The van der Waals surface area contributed by atoms with E-state index in [1.807, 2.05) is 49.4 Å². The number of amides is 3. The van der Waals surface area contributed by atoms with Crippen molar-refractivity contribution in [1.29, 1.82) is 0 Å². The Morgan fingerprint density at radius 2 is 1.94 bits per heavy atom. The van der Waals surface area contributed by atoms with E-state index in [1.54, 1.807) is 0 Å². The Labute approximate surface area is 204 Å². The number of carbonyl (C=O) groups excluding carboxylic acids is 2. The minimum absolute atomic E-state index is 0.00785. The van der Waals surface area contributed by atoms with Crippen LogP contribution >= 0.6 is 11.6 Å². The Bertz CT molecular complexity index is 1040. The normalized spacial score (nSPS) is 26.8. The highest BCUT2D eigenvalue weighted by molar-refractivity contribution is 6.31. The van der Waals surface area contributed by atoms with Gasteiger partial charge < -0.3 is 19.9 Å². The van der Waals surface area contributed by atoms with Gasteiger partial charge in [0.15, 0.2) is 0 Å². The van der Waals surface area contributed by atoms with Crippen molar-refractivity contribution in [1.82, 2.24) is 10.6 Å². The van der Waals surface area contributed by atoms with Crippen molar-refractivity contribution in [3.63, 3.8) is 0 Å². The Morgan fingerprint density at radius 1 is 1.18 bits per heavy atom. The second-order valence-electron chi connectivity index (χ2n) is 9.02. The average Bonchev–Trinajstić information content (AvgIpc) is 2.98. The van der Waals surface area contributed by atoms with Gasteiger partial charge in [-0.25, -0.2) is 4.79 Å². The summed E-state index contributed by atoms with van der Waals surface area (Å²) in [7, 11) is 0. The Hall–Kier alpha value is -2.61. The summed E-state index contributed by atoms with van der Waals surface area (Å²) in [6, 6.07) is 13.0. The molecular weight excluding hydrogens is 456 g/mol. The summed E-state index contributed by atoms with van der Waals surface area (Å²) >= 11 is 6.56. The van der Waals surface area contributed by atoms with Gasteiger partial charge in [0.05, 0.1) is 18.8 Å². The molecule has 2 heterocycles. The van der Waals surface area contributed by atoms with Crippen LogP contribution in [0.1, 0.15) is 62.3 Å². The summed E-state index contributed by atoms with van der Waals surface area (Å²) in [5.41, 5.74) is 1.30. The summed E-state index contributed by atoms with van der Waals surface area (Å²) in [4.78, 5) is 24.6. The predicted octanol–water partition coefficient (Wildman–Crippen LogP) is 4.49. The van der Waals surface area contributed by atoms with E-state index in [0.717, 1.165) is 35.3 Å². The molecule has 182 valence electrons. The maximum absolute atomic E-state index is 12.7. The molecule has 2 aromatic carbocycles. The molecule has 0 saturated carbocycles. The summed E-state index contributed by atoms with van der Waals surface area (Å²) in [6.45, 7) is 4.64.